The van der Waals surface area contributed by atoms with Crippen molar-refractivity contribution >= 4 is 17.5 Å². The lowest BCUT2D eigenvalue weighted by atomic mass is 9.97. The van der Waals surface area contributed by atoms with Crippen molar-refractivity contribution < 1.29 is 4.79 Å². The van der Waals surface area contributed by atoms with Gasteiger partial charge in [-0.1, -0.05) is 29.8 Å². The number of aryl methyl sites for hydroxylation is 1. The molecule has 2 N–H and O–H groups in total. The topological polar surface area (TPSA) is 66.9 Å². The summed E-state index contributed by atoms with van der Waals surface area (Å²) in [5.41, 5.74) is 3.40. The zero-order valence-corrected chi connectivity index (χ0v) is 14.6. The fraction of sp³-hybridized carbons (Fsp3) is 0.350. The third-order valence-corrected chi connectivity index (χ3v) is 4.23. The van der Waals surface area contributed by atoms with Crippen molar-refractivity contribution in [1.29, 1.82) is 0 Å². The SMILES string of the molecule is Cc1cc(C(=O)Nc2ccccc2)nc(NCCC2=CCCCC2)n1. The Hall–Kier alpha value is -2.69. The summed E-state index contributed by atoms with van der Waals surface area (Å²) >= 11 is 0. The number of rotatable bonds is 6. The minimum absolute atomic E-state index is 0.227. The second-order valence-electron chi connectivity index (χ2n) is 6.32. The summed E-state index contributed by atoms with van der Waals surface area (Å²) in [7, 11) is 0. The van der Waals surface area contributed by atoms with E-state index in [0.717, 1.165) is 24.3 Å². The number of anilines is 2. The van der Waals surface area contributed by atoms with Crippen LogP contribution in [0.5, 0.6) is 0 Å². The molecule has 3 rings (SSSR count). The molecule has 1 heterocycles. The van der Waals surface area contributed by atoms with Crippen LogP contribution in [0.3, 0.4) is 0 Å². The van der Waals surface area contributed by atoms with Crippen molar-refractivity contribution in [2.24, 2.45) is 0 Å². The van der Waals surface area contributed by atoms with Gasteiger partial charge >= 0.3 is 0 Å². The molecule has 0 fully saturated rings. The first-order chi connectivity index (χ1) is 12.2. The maximum atomic E-state index is 12.4. The molecule has 0 spiro atoms. The highest BCUT2D eigenvalue weighted by molar-refractivity contribution is 6.03. The van der Waals surface area contributed by atoms with E-state index in [2.05, 4.69) is 26.7 Å². The van der Waals surface area contributed by atoms with Crippen LogP contribution in [0.1, 0.15) is 48.3 Å². The molecule has 1 aromatic carbocycles. The Balaban J connectivity index is 1.61. The molecular formula is C20H24N4O. The van der Waals surface area contributed by atoms with Crippen LogP contribution >= 0.6 is 0 Å². The molecule has 1 amide bonds. The van der Waals surface area contributed by atoms with Gasteiger partial charge in [-0.2, -0.15) is 0 Å². The molecule has 5 nitrogen and oxygen atoms in total. The van der Waals surface area contributed by atoms with Crippen LogP contribution in [0.15, 0.2) is 48.0 Å². The van der Waals surface area contributed by atoms with Gasteiger partial charge in [0.15, 0.2) is 0 Å². The fourth-order valence-electron chi connectivity index (χ4n) is 2.95. The Kier molecular flexibility index (Phi) is 5.77. The summed E-state index contributed by atoms with van der Waals surface area (Å²) in [6.45, 7) is 2.66. The number of benzene rings is 1. The Morgan fingerprint density at radius 3 is 2.76 bits per heavy atom. The molecule has 1 aliphatic rings. The number of carbonyl (C=O) groups excluding carboxylic acids is 1. The van der Waals surface area contributed by atoms with Crippen LogP contribution in [-0.2, 0) is 0 Å². The van der Waals surface area contributed by atoms with Gasteiger partial charge < -0.3 is 10.6 Å². The first-order valence-electron chi connectivity index (χ1n) is 8.84. The number of hydrogen-bond acceptors (Lipinski definition) is 4. The Labute approximate surface area is 148 Å². The molecular weight excluding hydrogens is 312 g/mol. The summed E-state index contributed by atoms with van der Waals surface area (Å²) in [5.74, 6) is 0.282. The maximum absolute atomic E-state index is 12.4. The highest BCUT2D eigenvalue weighted by Crippen LogP contribution is 2.20. The first kappa shape index (κ1) is 17.1. The second kappa shape index (κ2) is 8.42. The summed E-state index contributed by atoms with van der Waals surface area (Å²) < 4.78 is 0. The zero-order valence-electron chi connectivity index (χ0n) is 14.6. The predicted molar refractivity (Wildman–Crippen MR) is 101 cm³/mol. The van der Waals surface area contributed by atoms with Crippen molar-refractivity contribution in [3.05, 3.63) is 59.4 Å². The van der Waals surface area contributed by atoms with Crippen LogP contribution in [0.4, 0.5) is 11.6 Å². The van der Waals surface area contributed by atoms with E-state index >= 15 is 0 Å². The number of para-hydroxylation sites is 1. The third-order valence-electron chi connectivity index (χ3n) is 4.23. The lowest BCUT2D eigenvalue weighted by molar-refractivity contribution is 0.102. The highest BCUT2D eigenvalue weighted by atomic mass is 16.1. The number of carbonyl (C=O) groups is 1. The van der Waals surface area contributed by atoms with Crippen LogP contribution in [0, 0.1) is 6.92 Å². The summed E-state index contributed by atoms with van der Waals surface area (Å²) in [6.07, 6.45) is 8.33. The number of amides is 1. The maximum Gasteiger partial charge on any atom is 0.274 e. The van der Waals surface area contributed by atoms with Crippen molar-refractivity contribution in [3.63, 3.8) is 0 Å². The summed E-state index contributed by atoms with van der Waals surface area (Å²) in [5, 5.41) is 6.10. The van der Waals surface area contributed by atoms with Gasteiger partial charge in [0, 0.05) is 17.9 Å². The van der Waals surface area contributed by atoms with Gasteiger partial charge in [-0.3, -0.25) is 4.79 Å². The van der Waals surface area contributed by atoms with Gasteiger partial charge in [-0.25, -0.2) is 9.97 Å². The Bertz CT molecular complexity index is 756. The molecule has 2 aromatic rings. The molecule has 1 aromatic heterocycles. The molecule has 5 heteroatoms. The summed E-state index contributed by atoms with van der Waals surface area (Å²) in [4.78, 5) is 21.1. The number of allylic oxidation sites excluding steroid dienone is 1. The van der Waals surface area contributed by atoms with Gasteiger partial charge in [0.2, 0.25) is 5.95 Å². The lowest BCUT2D eigenvalue weighted by Gasteiger charge is -2.13. The smallest absolute Gasteiger partial charge is 0.274 e. The van der Waals surface area contributed by atoms with Gasteiger partial charge in [0.25, 0.3) is 5.91 Å². The van der Waals surface area contributed by atoms with Gasteiger partial charge in [-0.15, -0.1) is 0 Å². The molecule has 130 valence electrons. The summed E-state index contributed by atoms with van der Waals surface area (Å²) in [6, 6.07) is 11.1. The molecule has 0 saturated carbocycles. The number of nitrogens with one attached hydrogen (secondary N) is 2. The van der Waals surface area contributed by atoms with Crippen LogP contribution in [-0.4, -0.2) is 22.4 Å². The van der Waals surface area contributed by atoms with Crippen LogP contribution < -0.4 is 10.6 Å². The largest absolute Gasteiger partial charge is 0.354 e. The first-order valence-corrected chi connectivity index (χ1v) is 8.84. The number of hydrogen-bond donors (Lipinski definition) is 2. The standard InChI is InChI=1S/C20H24N4O/c1-15-14-18(19(25)23-17-10-6-3-7-11-17)24-20(22-15)21-13-12-16-8-4-2-5-9-16/h3,6-8,10-11,14H,2,4-5,9,12-13H2,1H3,(H,23,25)(H,21,22,24). The van der Waals surface area contributed by atoms with E-state index in [1.807, 2.05) is 37.3 Å². The highest BCUT2D eigenvalue weighted by Gasteiger charge is 2.11. The number of nitrogens with zero attached hydrogens (tertiary/aromatic N) is 2. The monoisotopic (exact) mass is 336 g/mol. The van der Waals surface area contributed by atoms with E-state index < -0.39 is 0 Å². The molecule has 0 bridgehead atoms. The molecule has 0 saturated heterocycles. The molecule has 0 atom stereocenters. The van der Waals surface area contributed by atoms with Crippen LogP contribution in [0.2, 0.25) is 0 Å². The fourth-order valence-corrected chi connectivity index (χ4v) is 2.95. The van der Waals surface area contributed by atoms with E-state index in [-0.39, 0.29) is 5.91 Å². The Morgan fingerprint density at radius 1 is 1.16 bits per heavy atom. The number of aromatic nitrogens is 2. The average molecular weight is 336 g/mol. The molecule has 0 unspecified atom stereocenters. The zero-order chi connectivity index (χ0) is 17.5. The van der Waals surface area contributed by atoms with E-state index in [9.17, 15) is 4.79 Å². The molecule has 25 heavy (non-hydrogen) atoms. The van der Waals surface area contributed by atoms with E-state index in [0.29, 0.717) is 11.6 Å². The quantitative estimate of drug-likeness (QED) is 0.770. The second-order valence-corrected chi connectivity index (χ2v) is 6.32. The van der Waals surface area contributed by atoms with E-state index in [4.69, 9.17) is 0 Å². The van der Waals surface area contributed by atoms with Gasteiger partial charge in [-0.05, 0) is 57.2 Å². The van der Waals surface area contributed by atoms with Crippen molar-refractivity contribution in [2.45, 2.75) is 39.0 Å². The van der Waals surface area contributed by atoms with Crippen LogP contribution in [0.25, 0.3) is 0 Å². The minimum Gasteiger partial charge on any atom is -0.354 e. The van der Waals surface area contributed by atoms with Crippen molar-refractivity contribution in [2.75, 3.05) is 17.2 Å². The third kappa shape index (κ3) is 5.14. The minimum atomic E-state index is -0.227. The van der Waals surface area contributed by atoms with Gasteiger partial charge in [0.1, 0.15) is 5.69 Å². The van der Waals surface area contributed by atoms with Crippen molar-refractivity contribution in [1.82, 2.24) is 9.97 Å². The molecule has 1 aliphatic carbocycles. The Morgan fingerprint density at radius 2 is 2.00 bits per heavy atom. The normalized spacial score (nSPS) is 13.9. The average Bonchev–Trinajstić information content (AvgIpc) is 2.63. The van der Waals surface area contributed by atoms with Crippen molar-refractivity contribution in [3.8, 4) is 0 Å². The predicted octanol–water partition coefficient (Wildman–Crippen LogP) is 4.34. The molecule has 0 aliphatic heterocycles. The lowest BCUT2D eigenvalue weighted by Crippen LogP contribution is -2.16. The molecule has 0 radical (unpaired) electrons. The van der Waals surface area contributed by atoms with E-state index in [1.54, 1.807) is 6.07 Å². The van der Waals surface area contributed by atoms with E-state index in [1.165, 1.54) is 31.3 Å². The van der Waals surface area contributed by atoms with Gasteiger partial charge in [0.05, 0.1) is 0 Å².